The van der Waals surface area contributed by atoms with Crippen LogP contribution in [-0.2, 0) is 11.2 Å². The van der Waals surface area contributed by atoms with Gasteiger partial charge in [-0.25, -0.2) is 0 Å². The number of methoxy groups -OCH3 is 1. The van der Waals surface area contributed by atoms with Gasteiger partial charge in [0.05, 0.1) is 7.11 Å². The van der Waals surface area contributed by atoms with Crippen LogP contribution >= 0.6 is 0 Å². The molecule has 27 heavy (non-hydrogen) atoms. The molecule has 0 aliphatic carbocycles. The number of carbonyl (C=O) groups excluding carboxylic acids is 1. The van der Waals surface area contributed by atoms with Gasteiger partial charge in [-0.1, -0.05) is 47.6 Å². The van der Waals surface area contributed by atoms with E-state index in [0.29, 0.717) is 18.1 Å². The maximum Gasteiger partial charge on any atom is 0.247 e. The summed E-state index contributed by atoms with van der Waals surface area (Å²) in [4.78, 5) is 12.8. The third kappa shape index (κ3) is 5.18. The maximum absolute atomic E-state index is 12.8. The maximum atomic E-state index is 12.8. The summed E-state index contributed by atoms with van der Waals surface area (Å²) >= 11 is 0. The number of hydrogen-bond donors (Lipinski definition) is 2. The third-order valence-electron chi connectivity index (χ3n) is 4.20. The molecular weight excluding hydrogens is 342 g/mol. The zero-order chi connectivity index (χ0) is 19.1. The zero-order valence-corrected chi connectivity index (χ0v) is 15.4. The van der Waals surface area contributed by atoms with Crippen molar-refractivity contribution in [2.45, 2.75) is 19.4 Å². The first-order chi connectivity index (χ1) is 13.2. The number of anilines is 1. The second kappa shape index (κ2) is 9.00. The summed E-state index contributed by atoms with van der Waals surface area (Å²) in [7, 11) is 1.65. The van der Waals surface area contributed by atoms with Crippen LogP contribution in [0.5, 0.6) is 5.75 Å². The van der Waals surface area contributed by atoms with Gasteiger partial charge in [-0.2, -0.15) is 0 Å². The van der Waals surface area contributed by atoms with E-state index in [1.165, 1.54) is 5.56 Å². The van der Waals surface area contributed by atoms with Gasteiger partial charge in [-0.3, -0.25) is 4.79 Å². The largest absolute Gasteiger partial charge is 0.497 e. The van der Waals surface area contributed by atoms with Crippen molar-refractivity contribution in [1.29, 1.82) is 0 Å². The van der Waals surface area contributed by atoms with Crippen molar-refractivity contribution in [3.8, 4) is 5.75 Å². The van der Waals surface area contributed by atoms with Gasteiger partial charge in [-0.15, -0.1) is 0 Å². The van der Waals surface area contributed by atoms with Gasteiger partial charge >= 0.3 is 0 Å². The van der Waals surface area contributed by atoms with E-state index >= 15 is 0 Å². The van der Waals surface area contributed by atoms with E-state index in [0.717, 1.165) is 17.7 Å². The normalized spacial score (nSPS) is 11.8. The first-order valence-corrected chi connectivity index (χ1v) is 8.81. The van der Waals surface area contributed by atoms with Crippen LogP contribution in [0.2, 0.25) is 0 Å². The lowest BCUT2D eigenvalue weighted by Gasteiger charge is -2.18. The molecule has 0 fully saturated rings. The average molecular weight is 365 g/mol. The minimum Gasteiger partial charge on any atom is -0.497 e. The highest BCUT2D eigenvalue weighted by Gasteiger charge is 2.21. The summed E-state index contributed by atoms with van der Waals surface area (Å²) in [5, 5.41) is 9.97. The van der Waals surface area contributed by atoms with Gasteiger partial charge in [0.25, 0.3) is 0 Å². The van der Waals surface area contributed by atoms with Crippen molar-refractivity contribution in [2.24, 2.45) is 0 Å². The number of rotatable bonds is 8. The van der Waals surface area contributed by atoms with E-state index in [1.54, 1.807) is 20.1 Å². The molecule has 140 valence electrons. The van der Waals surface area contributed by atoms with Crippen molar-refractivity contribution < 1.29 is 14.1 Å². The smallest absolute Gasteiger partial charge is 0.247 e. The van der Waals surface area contributed by atoms with Crippen molar-refractivity contribution in [3.63, 3.8) is 0 Å². The van der Waals surface area contributed by atoms with E-state index < -0.39 is 6.04 Å². The number of hydrogen-bond acceptors (Lipinski definition) is 5. The molecule has 6 heteroatoms. The van der Waals surface area contributed by atoms with E-state index in [2.05, 4.69) is 15.8 Å². The number of nitrogens with zero attached hydrogens (tertiary/aromatic N) is 1. The van der Waals surface area contributed by atoms with Gasteiger partial charge in [0, 0.05) is 12.6 Å². The fourth-order valence-electron chi connectivity index (χ4n) is 2.78. The monoisotopic (exact) mass is 365 g/mol. The Bertz CT molecular complexity index is 860. The minimum atomic E-state index is -0.485. The molecule has 1 heterocycles. The van der Waals surface area contributed by atoms with Crippen molar-refractivity contribution in [2.75, 3.05) is 19.0 Å². The molecule has 1 amide bonds. The number of carbonyl (C=O) groups is 1. The molecule has 3 aromatic rings. The second-order valence-electron chi connectivity index (χ2n) is 6.21. The Morgan fingerprint density at radius 2 is 1.89 bits per heavy atom. The van der Waals surface area contributed by atoms with E-state index in [9.17, 15) is 4.79 Å². The Balaban J connectivity index is 1.65. The van der Waals surface area contributed by atoms with Crippen LogP contribution in [0.3, 0.4) is 0 Å². The Kier molecular flexibility index (Phi) is 6.22. The molecule has 0 saturated heterocycles. The molecule has 3 rings (SSSR count). The van der Waals surface area contributed by atoms with Crippen LogP contribution in [0.1, 0.15) is 22.9 Å². The molecule has 0 radical (unpaired) electrons. The molecule has 1 unspecified atom stereocenters. The SMILES string of the molecule is COc1ccc(CCNC(C(=O)Nc2cc(C)on2)c2ccccc2)cc1. The predicted molar refractivity (Wildman–Crippen MR) is 104 cm³/mol. The summed E-state index contributed by atoms with van der Waals surface area (Å²) in [6.07, 6.45) is 0.795. The van der Waals surface area contributed by atoms with Crippen molar-refractivity contribution in [3.05, 3.63) is 77.6 Å². The van der Waals surface area contributed by atoms with Gasteiger partial charge in [-0.05, 0) is 36.6 Å². The third-order valence-corrected chi connectivity index (χ3v) is 4.20. The first-order valence-electron chi connectivity index (χ1n) is 8.81. The molecule has 2 N–H and O–H groups in total. The van der Waals surface area contributed by atoms with Gasteiger partial charge in [0.1, 0.15) is 17.6 Å². The fourth-order valence-corrected chi connectivity index (χ4v) is 2.78. The summed E-state index contributed by atoms with van der Waals surface area (Å²) in [6.45, 7) is 2.43. The van der Waals surface area contributed by atoms with Crippen molar-refractivity contribution in [1.82, 2.24) is 10.5 Å². The van der Waals surface area contributed by atoms with E-state index in [4.69, 9.17) is 9.26 Å². The highest BCUT2D eigenvalue weighted by Crippen LogP contribution is 2.17. The molecule has 0 aliphatic rings. The highest BCUT2D eigenvalue weighted by molar-refractivity contribution is 5.94. The lowest BCUT2D eigenvalue weighted by Crippen LogP contribution is -2.34. The quantitative estimate of drug-likeness (QED) is 0.639. The number of nitrogens with one attached hydrogen (secondary N) is 2. The van der Waals surface area contributed by atoms with E-state index in [-0.39, 0.29) is 5.91 Å². The zero-order valence-electron chi connectivity index (χ0n) is 15.4. The number of benzene rings is 2. The summed E-state index contributed by atoms with van der Waals surface area (Å²) in [5.41, 5.74) is 2.06. The molecule has 6 nitrogen and oxygen atoms in total. The molecule has 0 aliphatic heterocycles. The average Bonchev–Trinajstić information content (AvgIpc) is 3.11. The number of aryl methyl sites for hydroxylation is 1. The fraction of sp³-hybridized carbons (Fsp3) is 0.238. The lowest BCUT2D eigenvalue weighted by molar-refractivity contribution is -0.118. The van der Waals surface area contributed by atoms with E-state index in [1.807, 2.05) is 54.6 Å². The summed E-state index contributed by atoms with van der Waals surface area (Å²) in [5.74, 6) is 1.71. The number of amides is 1. The van der Waals surface area contributed by atoms with Crippen LogP contribution in [0, 0.1) is 6.92 Å². The Hall–Kier alpha value is -3.12. The predicted octanol–water partition coefficient (Wildman–Crippen LogP) is 3.50. The first kappa shape index (κ1) is 18.7. The van der Waals surface area contributed by atoms with Gasteiger partial charge < -0.3 is 19.9 Å². The molecule has 1 atom stereocenters. The molecule has 0 saturated carbocycles. The molecular formula is C21H23N3O3. The molecule has 0 spiro atoms. The summed E-state index contributed by atoms with van der Waals surface area (Å²) < 4.78 is 10.2. The topological polar surface area (TPSA) is 76.4 Å². The van der Waals surface area contributed by atoms with Crippen molar-refractivity contribution >= 4 is 11.7 Å². The summed E-state index contributed by atoms with van der Waals surface area (Å²) in [6, 6.07) is 18.7. The van der Waals surface area contributed by atoms with Gasteiger partial charge in [0.2, 0.25) is 5.91 Å². The standard InChI is InChI=1S/C21H23N3O3/c1-15-14-19(24-27-15)23-21(25)20(17-6-4-3-5-7-17)22-13-12-16-8-10-18(26-2)11-9-16/h3-11,14,20,22H,12-13H2,1-2H3,(H,23,24,25). The molecule has 1 aromatic heterocycles. The minimum absolute atomic E-state index is 0.177. The van der Waals surface area contributed by atoms with Crippen LogP contribution in [0.15, 0.2) is 65.2 Å². The van der Waals surface area contributed by atoms with Crippen LogP contribution in [0.4, 0.5) is 5.82 Å². The Labute approximate surface area is 158 Å². The Morgan fingerprint density at radius 1 is 1.15 bits per heavy atom. The number of aromatic nitrogens is 1. The lowest BCUT2D eigenvalue weighted by atomic mass is 10.1. The van der Waals surface area contributed by atoms with Gasteiger partial charge in [0.15, 0.2) is 5.82 Å². The second-order valence-corrected chi connectivity index (χ2v) is 6.21. The van der Waals surface area contributed by atoms with Crippen LogP contribution < -0.4 is 15.4 Å². The van der Waals surface area contributed by atoms with Crippen LogP contribution in [-0.4, -0.2) is 24.7 Å². The Morgan fingerprint density at radius 3 is 2.52 bits per heavy atom. The highest BCUT2D eigenvalue weighted by atomic mass is 16.5. The number of ether oxygens (including phenoxy) is 1. The molecule has 0 bridgehead atoms. The van der Waals surface area contributed by atoms with Crippen LogP contribution in [0.25, 0.3) is 0 Å². The molecule has 2 aromatic carbocycles.